The molecular formula is C22H28N2O3. The molecule has 0 aliphatic heterocycles. The molecule has 5 heteroatoms. The van der Waals surface area contributed by atoms with Crippen LogP contribution >= 0.6 is 0 Å². The van der Waals surface area contributed by atoms with E-state index in [1.807, 2.05) is 50.2 Å². The summed E-state index contributed by atoms with van der Waals surface area (Å²) >= 11 is 0. The third kappa shape index (κ3) is 3.98. The minimum Gasteiger partial charge on any atom is -0.382 e. The van der Waals surface area contributed by atoms with Crippen LogP contribution in [0.25, 0.3) is 0 Å². The molecule has 1 saturated carbocycles. The minimum absolute atomic E-state index is 0.148. The highest BCUT2D eigenvalue weighted by Crippen LogP contribution is 2.30. The Labute approximate surface area is 160 Å². The summed E-state index contributed by atoms with van der Waals surface area (Å²) in [5.41, 5.74) is 1.33. The molecule has 2 aromatic rings. The summed E-state index contributed by atoms with van der Waals surface area (Å²) in [7, 11) is 1.65. The van der Waals surface area contributed by atoms with Crippen LogP contribution in [0, 0.1) is 6.92 Å². The van der Waals surface area contributed by atoms with E-state index in [0.717, 1.165) is 31.2 Å². The highest BCUT2D eigenvalue weighted by Gasteiger charge is 2.36. The normalized spacial score (nSPS) is 16.9. The fraction of sp³-hybridized carbons (Fsp3) is 0.455. The number of pyridine rings is 1. The van der Waals surface area contributed by atoms with E-state index in [9.17, 15) is 9.59 Å². The molecular weight excluding hydrogens is 340 g/mol. The molecule has 27 heavy (non-hydrogen) atoms. The van der Waals surface area contributed by atoms with Gasteiger partial charge in [-0.1, -0.05) is 43.2 Å². The van der Waals surface area contributed by atoms with Crippen molar-refractivity contribution in [2.45, 2.75) is 51.1 Å². The summed E-state index contributed by atoms with van der Waals surface area (Å²) in [6.07, 6.45) is 5.66. The van der Waals surface area contributed by atoms with Crippen LogP contribution in [0.15, 0.2) is 47.4 Å². The standard InChI is InChI=1S/C22H28N2O3/c1-16-11-14-24(17(2)18-9-5-4-6-10-18)21(26)19(16)20(25)23-22(15-27-3)12-7-8-13-22/h4-6,9-11,14,17H,7-8,12-13,15H2,1-3H3,(H,23,25). The van der Waals surface area contributed by atoms with Crippen molar-refractivity contribution in [2.75, 3.05) is 13.7 Å². The van der Waals surface area contributed by atoms with Gasteiger partial charge in [-0.25, -0.2) is 0 Å². The van der Waals surface area contributed by atoms with E-state index < -0.39 is 0 Å². The van der Waals surface area contributed by atoms with Gasteiger partial charge in [0, 0.05) is 13.3 Å². The van der Waals surface area contributed by atoms with Crippen molar-refractivity contribution in [1.29, 1.82) is 0 Å². The van der Waals surface area contributed by atoms with Crippen molar-refractivity contribution < 1.29 is 9.53 Å². The predicted octanol–water partition coefficient (Wildman–Crippen LogP) is 3.46. The van der Waals surface area contributed by atoms with Crippen LogP contribution in [0.2, 0.25) is 0 Å². The number of amides is 1. The number of nitrogens with zero attached hydrogens (tertiary/aromatic N) is 1. The number of carbonyl (C=O) groups is 1. The summed E-state index contributed by atoms with van der Waals surface area (Å²) in [4.78, 5) is 26.2. The van der Waals surface area contributed by atoms with E-state index in [4.69, 9.17) is 4.74 Å². The first-order valence-corrected chi connectivity index (χ1v) is 9.55. The van der Waals surface area contributed by atoms with Gasteiger partial charge in [-0.2, -0.15) is 0 Å². The van der Waals surface area contributed by atoms with Crippen molar-refractivity contribution in [3.8, 4) is 0 Å². The Balaban J connectivity index is 1.94. The topological polar surface area (TPSA) is 60.3 Å². The van der Waals surface area contributed by atoms with Crippen molar-refractivity contribution >= 4 is 5.91 Å². The summed E-state index contributed by atoms with van der Waals surface area (Å²) in [5, 5.41) is 3.12. The Morgan fingerprint density at radius 1 is 1.22 bits per heavy atom. The van der Waals surface area contributed by atoms with Gasteiger partial charge in [-0.15, -0.1) is 0 Å². The lowest BCUT2D eigenvalue weighted by molar-refractivity contribution is 0.0764. The monoisotopic (exact) mass is 368 g/mol. The average molecular weight is 368 g/mol. The van der Waals surface area contributed by atoms with Crippen molar-refractivity contribution in [1.82, 2.24) is 9.88 Å². The summed E-state index contributed by atoms with van der Waals surface area (Å²) in [5.74, 6) is -0.300. The Morgan fingerprint density at radius 2 is 1.89 bits per heavy atom. The molecule has 1 aliphatic rings. The van der Waals surface area contributed by atoms with Gasteiger partial charge >= 0.3 is 0 Å². The lowest BCUT2D eigenvalue weighted by Gasteiger charge is -2.30. The molecule has 1 aromatic heterocycles. The third-order valence-electron chi connectivity index (χ3n) is 5.61. The number of benzene rings is 1. The SMILES string of the molecule is COCC1(NC(=O)c2c(C)ccn(C(C)c3ccccc3)c2=O)CCCC1. The lowest BCUT2D eigenvalue weighted by Crippen LogP contribution is -2.51. The number of hydrogen-bond donors (Lipinski definition) is 1. The van der Waals surface area contributed by atoms with Crippen molar-refractivity contribution in [3.05, 3.63) is 69.6 Å². The van der Waals surface area contributed by atoms with Gasteiger partial charge in [0.2, 0.25) is 0 Å². The summed E-state index contributed by atoms with van der Waals surface area (Å²) in [6.45, 7) is 4.25. The zero-order chi connectivity index (χ0) is 19.4. The maximum absolute atomic E-state index is 13.2. The fourth-order valence-corrected chi connectivity index (χ4v) is 4.05. The molecule has 1 unspecified atom stereocenters. The summed E-state index contributed by atoms with van der Waals surface area (Å²) < 4.78 is 6.98. The number of carbonyl (C=O) groups excluding carboxylic acids is 1. The molecule has 5 nitrogen and oxygen atoms in total. The molecule has 1 aliphatic carbocycles. The number of hydrogen-bond acceptors (Lipinski definition) is 3. The van der Waals surface area contributed by atoms with Crippen molar-refractivity contribution in [2.24, 2.45) is 0 Å². The Kier molecular flexibility index (Phi) is 5.80. The molecule has 1 heterocycles. The third-order valence-corrected chi connectivity index (χ3v) is 5.61. The van der Waals surface area contributed by atoms with Crippen LogP contribution in [0.5, 0.6) is 0 Å². The number of nitrogens with one attached hydrogen (secondary N) is 1. The molecule has 1 aromatic carbocycles. The van der Waals surface area contributed by atoms with Crippen LogP contribution in [-0.4, -0.2) is 29.7 Å². The number of ether oxygens (including phenoxy) is 1. The van der Waals surface area contributed by atoms with E-state index in [1.54, 1.807) is 17.9 Å². The molecule has 0 bridgehead atoms. The number of methoxy groups -OCH3 is 1. The molecule has 1 N–H and O–H groups in total. The molecule has 1 amide bonds. The van der Waals surface area contributed by atoms with Crippen molar-refractivity contribution in [3.63, 3.8) is 0 Å². The van der Waals surface area contributed by atoms with Crippen LogP contribution in [0.3, 0.4) is 0 Å². The highest BCUT2D eigenvalue weighted by atomic mass is 16.5. The Bertz CT molecular complexity index is 852. The summed E-state index contributed by atoms with van der Waals surface area (Å²) in [6, 6.07) is 11.5. The van der Waals surface area contributed by atoms with Gasteiger partial charge in [-0.3, -0.25) is 9.59 Å². The number of rotatable bonds is 6. The Morgan fingerprint density at radius 3 is 2.52 bits per heavy atom. The average Bonchev–Trinajstić information content (AvgIpc) is 3.10. The lowest BCUT2D eigenvalue weighted by atomic mass is 9.97. The van der Waals surface area contributed by atoms with Gasteiger partial charge in [0.25, 0.3) is 11.5 Å². The van der Waals surface area contributed by atoms with Crippen LogP contribution < -0.4 is 10.9 Å². The molecule has 144 valence electrons. The van der Waals surface area contributed by atoms with Gasteiger partial charge in [0.05, 0.1) is 18.2 Å². The minimum atomic E-state index is -0.365. The molecule has 0 spiro atoms. The Hall–Kier alpha value is -2.40. The highest BCUT2D eigenvalue weighted by molar-refractivity contribution is 5.95. The van der Waals surface area contributed by atoms with Crippen LogP contribution in [0.4, 0.5) is 0 Å². The van der Waals surface area contributed by atoms with Gasteiger partial charge in [-0.05, 0) is 43.9 Å². The molecule has 0 radical (unpaired) electrons. The van der Waals surface area contributed by atoms with E-state index in [2.05, 4.69) is 5.32 Å². The van der Waals surface area contributed by atoms with Gasteiger partial charge in [0.15, 0.2) is 0 Å². The van der Waals surface area contributed by atoms with Gasteiger partial charge < -0.3 is 14.6 Å². The van der Waals surface area contributed by atoms with Gasteiger partial charge in [0.1, 0.15) is 5.56 Å². The first kappa shape index (κ1) is 19.4. The second kappa shape index (κ2) is 8.09. The largest absolute Gasteiger partial charge is 0.382 e. The van der Waals surface area contributed by atoms with Crippen LogP contribution in [-0.2, 0) is 4.74 Å². The smallest absolute Gasteiger partial charge is 0.264 e. The zero-order valence-electron chi connectivity index (χ0n) is 16.3. The zero-order valence-corrected chi connectivity index (χ0v) is 16.3. The van der Waals surface area contributed by atoms with Crippen LogP contribution in [0.1, 0.15) is 60.1 Å². The van der Waals surface area contributed by atoms with E-state index in [1.165, 1.54) is 0 Å². The number of aryl methyl sites for hydroxylation is 1. The quantitative estimate of drug-likeness (QED) is 0.849. The maximum atomic E-state index is 13.2. The molecule has 1 atom stereocenters. The van der Waals surface area contributed by atoms with E-state index >= 15 is 0 Å². The maximum Gasteiger partial charge on any atom is 0.264 e. The first-order valence-electron chi connectivity index (χ1n) is 9.55. The molecule has 3 rings (SSSR count). The second-order valence-corrected chi connectivity index (χ2v) is 7.55. The predicted molar refractivity (Wildman–Crippen MR) is 106 cm³/mol. The van der Waals surface area contributed by atoms with E-state index in [-0.39, 0.29) is 28.6 Å². The molecule has 0 saturated heterocycles. The first-order chi connectivity index (χ1) is 13.0. The number of aromatic nitrogens is 1. The second-order valence-electron chi connectivity index (χ2n) is 7.55. The molecule has 1 fully saturated rings. The van der Waals surface area contributed by atoms with E-state index in [0.29, 0.717) is 12.2 Å². The fourth-order valence-electron chi connectivity index (χ4n) is 4.05.